The van der Waals surface area contributed by atoms with Gasteiger partial charge in [-0.05, 0) is 97.1 Å². The lowest BCUT2D eigenvalue weighted by molar-refractivity contribution is 0.476. The molecular weight excluding hydrogens is 349 g/mol. The molecule has 0 saturated carbocycles. The summed E-state index contributed by atoms with van der Waals surface area (Å²) in [7, 11) is 0. The third-order valence-corrected chi connectivity index (χ3v) is 5.95. The predicted octanol–water partition coefficient (Wildman–Crippen LogP) is 6.33. The van der Waals surface area contributed by atoms with Crippen LogP contribution in [0.5, 0.6) is 5.75 Å². The van der Waals surface area contributed by atoms with Crippen LogP contribution in [0.3, 0.4) is 0 Å². The van der Waals surface area contributed by atoms with E-state index in [1.807, 2.05) is 24.3 Å². The van der Waals surface area contributed by atoms with Crippen molar-refractivity contribution in [2.75, 3.05) is 0 Å². The molecule has 0 unspecified atom stereocenters. The molecule has 1 N–H and O–H groups in total. The second-order valence-electron chi connectivity index (χ2n) is 7.62. The summed E-state index contributed by atoms with van der Waals surface area (Å²) in [6.45, 7) is 2.18. The van der Waals surface area contributed by atoms with Crippen LogP contribution in [0, 0.1) is 12.7 Å². The molecule has 0 saturated heterocycles. The van der Waals surface area contributed by atoms with Gasteiger partial charge in [0.1, 0.15) is 11.6 Å². The topological polar surface area (TPSA) is 25.2 Å². The van der Waals surface area contributed by atoms with Crippen molar-refractivity contribution in [3.05, 3.63) is 83.3 Å². The summed E-state index contributed by atoms with van der Waals surface area (Å²) in [5.41, 5.74) is 7.28. The SMILES string of the molecule is Cc1c2c(c(-c3ccc(F)cc3)n1-c1cccc3ccc(O)cc13)CCCC2. The van der Waals surface area contributed by atoms with Gasteiger partial charge in [-0.25, -0.2) is 4.39 Å². The van der Waals surface area contributed by atoms with Crippen LogP contribution in [0.1, 0.15) is 29.7 Å². The number of aromatic hydroxyl groups is 1. The number of phenols is 1. The zero-order valence-corrected chi connectivity index (χ0v) is 15.9. The Kier molecular flexibility index (Phi) is 3.97. The fourth-order valence-electron chi connectivity index (χ4n) is 4.65. The summed E-state index contributed by atoms with van der Waals surface area (Å²) in [4.78, 5) is 0. The fraction of sp³-hybridized carbons (Fsp3) is 0.200. The minimum Gasteiger partial charge on any atom is -0.508 e. The van der Waals surface area contributed by atoms with E-state index >= 15 is 0 Å². The molecule has 0 spiro atoms. The molecular formula is C25H22FNO. The van der Waals surface area contributed by atoms with Crippen molar-refractivity contribution in [1.29, 1.82) is 0 Å². The van der Waals surface area contributed by atoms with Crippen LogP contribution >= 0.6 is 0 Å². The minimum absolute atomic E-state index is 0.220. The largest absolute Gasteiger partial charge is 0.508 e. The van der Waals surface area contributed by atoms with Crippen LogP contribution in [0.2, 0.25) is 0 Å². The van der Waals surface area contributed by atoms with Crippen LogP contribution in [0.25, 0.3) is 27.7 Å². The summed E-state index contributed by atoms with van der Waals surface area (Å²) < 4.78 is 15.9. The van der Waals surface area contributed by atoms with Gasteiger partial charge in [-0.1, -0.05) is 18.2 Å². The summed E-state index contributed by atoms with van der Waals surface area (Å²) in [5.74, 6) is 0.0420. The molecule has 5 rings (SSSR count). The smallest absolute Gasteiger partial charge is 0.123 e. The highest BCUT2D eigenvalue weighted by molar-refractivity contribution is 5.92. The Morgan fingerprint density at radius 1 is 0.893 bits per heavy atom. The van der Waals surface area contributed by atoms with Crippen molar-refractivity contribution in [3.63, 3.8) is 0 Å². The number of hydrogen-bond acceptors (Lipinski definition) is 1. The molecule has 1 heterocycles. The van der Waals surface area contributed by atoms with Gasteiger partial charge in [-0.2, -0.15) is 0 Å². The number of hydrogen-bond donors (Lipinski definition) is 1. The Balaban J connectivity index is 1.87. The molecule has 0 fully saturated rings. The fourth-order valence-corrected chi connectivity index (χ4v) is 4.65. The molecule has 0 radical (unpaired) electrons. The maximum atomic E-state index is 13.6. The zero-order chi connectivity index (χ0) is 19.3. The van der Waals surface area contributed by atoms with E-state index in [1.54, 1.807) is 6.07 Å². The van der Waals surface area contributed by atoms with Crippen molar-refractivity contribution in [2.45, 2.75) is 32.6 Å². The first-order chi connectivity index (χ1) is 13.6. The highest BCUT2D eigenvalue weighted by Crippen LogP contribution is 2.40. The molecule has 4 aromatic rings. The van der Waals surface area contributed by atoms with E-state index in [4.69, 9.17) is 0 Å². The van der Waals surface area contributed by atoms with Gasteiger partial charge in [0, 0.05) is 11.1 Å². The molecule has 3 aromatic carbocycles. The number of aromatic nitrogens is 1. The minimum atomic E-state index is -0.220. The van der Waals surface area contributed by atoms with Gasteiger partial charge < -0.3 is 9.67 Å². The Morgan fingerprint density at radius 2 is 1.64 bits per heavy atom. The first-order valence-electron chi connectivity index (χ1n) is 9.84. The third kappa shape index (κ3) is 2.62. The molecule has 1 aliphatic carbocycles. The summed E-state index contributed by atoms with van der Waals surface area (Å²) in [6.07, 6.45) is 4.52. The van der Waals surface area contributed by atoms with E-state index in [9.17, 15) is 9.50 Å². The first kappa shape index (κ1) is 17.1. The maximum absolute atomic E-state index is 13.6. The van der Waals surface area contributed by atoms with Crippen LogP contribution in [-0.4, -0.2) is 9.67 Å². The lowest BCUT2D eigenvalue weighted by atomic mass is 9.91. The lowest BCUT2D eigenvalue weighted by Crippen LogP contribution is -2.01. The van der Waals surface area contributed by atoms with Crippen molar-refractivity contribution < 1.29 is 9.50 Å². The quantitative estimate of drug-likeness (QED) is 0.438. The van der Waals surface area contributed by atoms with Crippen molar-refractivity contribution >= 4 is 10.8 Å². The average Bonchev–Trinajstić information content (AvgIpc) is 3.01. The Hall–Kier alpha value is -3.07. The zero-order valence-electron chi connectivity index (χ0n) is 15.9. The van der Waals surface area contributed by atoms with Gasteiger partial charge in [0.05, 0.1) is 11.4 Å². The van der Waals surface area contributed by atoms with Crippen LogP contribution in [0.4, 0.5) is 4.39 Å². The number of fused-ring (bicyclic) bond motifs is 2. The van der Waals surface area contributed by atoms with E-state index in [0.29, 0.717) is 0 Å². The van der Waals surface area contributed by atoms with Crippen LogP contribution in [-0.2, 0) is 12.8 Å². The van der Waals surface area contributed by atoms with Crippen molar-refractivity contribution in [1.82, 2.24) is 4.57 Å². The van der Waals surface area contributed by atoms with Crippen molar-refractivity contribution in [2.24, 2.45) is 0 Å². The first-order valence-corrected chi connectivity index (χ1v) is 9.84. The van der Waals surface area contributed by atoms with Gasteiger partial charge in [0.25, 0.3) is 0 Å². The molecule has 3 heteroatoms. The number of benzene rings is 3. The number of nitrogens with zero attached hydrogens (tertiary/aromatic N) is 1. The molecule has 140 valence electrons. The summed E-state index contributed by atoms with van der Waals surface area (Å²) in [5, 5.41) is 12.2. The number of rotatable bonds is 2. The standard InChI is InChI=1S/C25H22FNO/c1-16-21-6-2-3-7-22(21)25(18-9-12-19(26)13-10-18)27(16)24-8-4-5-17-11-14-20(28)15-23(17)24/h4-5,8-15,28H,2-3,6-7H2,1H3. The van der Waals surface area contributed by atoms with Gasteiger partial charge in [0.2, 0.25) is 0 Å². The van der Waals surface area contributed by atoms with Gasteiger partial charge in [-0.3, -0.25) is 0 Å². The Morgan fingerprint density at radius 3 is 2.43 bits per heavy atom. The third-order valence-electron chi connectivity index (χ3n) is 5.95. The van der Waals surface area contributed by atoms with E-state index in [2.05, 4.69) is 29.7 Å². The van der Waals surface area contributed by atoms with Crippen LogP contribution in [0.15, 0.2) is 60.7 Å². The van der Waals surface area contributed by atoms with Gasteiger partial charge >= 0.3 is 0 Å². The Bertz CT molecular complexity index is 1190. The molecule has 0 aliphatic heterocycles. The van der Waals surface area contributed by atoms with Crippen LogP contribution < -0.4 is 0 Å². The monoisotopic (exact) mass is 371 g/mol. The molecule has 28 heavy (non-hydrogen) atoms. The molecule has 1 aromatic heterocycles. The highest BCUT2D eigenvalue weighted by Gasteiger charge is 2.25. The normalized spacial score (nSPS) is 13.6. The summed E-state index contributed by atoms with van der Waals surface area (Å²) in [6, 6.07) is 18.5. The molecule has 1 aliphatic rings. The lowest BCUT2D eigenvalue weighted by Gasteiger charge is -2.16. The molecule has 0 atom stereocenters. The highest BCUT2D eigenvalue weighted by atomic mass is 19.1. The Labute approximate surface area is 163 Å². The van der Waals surface area contributed by atoms with E-state index in [-0.39, 0.29) is 11.6 Å². The van der Waals surface area contributed by atoms with E-state index in [0.717, 1.165) is 40.6 Å². The molecule has 2 nitrogen and oxygen atoms in total. The van der Waals surface area contributed by atoms with Gasteiger partial charge in [0.15, 0.2) is 0 Å². The predicted molar refractivity (Wildman–Crippen MR) is 112 cm³/mol. The van der Waals surface area contributed by atoms with E-state index in [1.165, 1.54) is 41.8 Å². The van der Waals surface area contributed by atoms with Gasteiger partial charge in [-0.15, -0.1) is 0 Å². The maximum Gasteiger partial charge on any atom is 0.123 e. The van der Waals surface area contributed by atoms with Crippen molar-refractivity contribution in [3.8, 4) is 22.7 Å². The second kappa shape index (κ2) is 6.52. The van der Waals surface area contributed by atoms with E-state index < -0.39 is 0 Å². The molecule has 0 bridgehead atoms. The second-order valence-corrected chi connectivity index (χ2v) is 7.62. The average molecular weight is 371 g/mol. The number of phenolic OH excluding ortho intramolecular Hbond substituents is 1. The molecule has 0 amide bonds. The summed E-state index contributed by atoms with van der Waals surface area (Å²) >= 11 is 0. The number of halogens is 1.